The van der Waals surface area contributed by atoms with Crippen LogP contribution in [0.1, 0.15) is 12.8 Å². The molecule has 3 rings (SSSR count). The fraction of sp³-hybridized carbons (Fsp3) is 0.438. The number of aromatic nitrogens is 2. The van der Waals surface area contributed by atoms with Gasteiger partial charge in [0.05, 0.1) is 20.3 Å². The number of likely N-dealkylation sites (N-methyl/N-ethyl adjacent to an activating group) is 1. The van der Waals surface area contributed by atoms with E-state index in [9.17, 15) is 4.79 Å². The summed E-state index contributed by atoms with van der Waals surface area (Å²) in [5.74, 6) is 0.845. The molecule has 134 valence electrons. The Hall–Kier alpha value is -1.97. The van der Waals surface area contributed by atoms with E-state index in [2.05, 4.69) is 15.7 Å². The van der Waals surface area contributed by atoms with Crippen LogP contribution >= 0.6 is 23.6 Å². The van der Waals surface area contributed by atoms with Crippen LogP contribution in [0.4, 0.5) is 10.8 Å². The average Bonchev–Trinajstić information content (AvgIpc) is 3.31. The zero-order valence-electron chi connectivity index (χ0n) is 14.2. The third-order valence-corrected chi connectivity index (χ3v) is 4.90. The molecule has 1 aromatic carbocycles. The Kier molecular flexibility index (Phi) is 5.67. The molecule has 1 aromatic heterocycles. The molecular weight excluding hydrogens is 358 g/mol. The third-order valence-electron chi connectivity index (χ3n) is 3.68. The molecule has 0 radical (unpaired) electrons. The molecule has 2 aromatic rings. The smallest absolute Gasteiger partial charge is 0.234 e. The van der Waals surface area contributed by atoms with Crippen molar-refractivity contribution in [3.63, 3.8) is 0 Å². The van der Waals surface area contributed by atoms with Gasteiger partial charge < -0.3 is 15.4 Å². The average molecular weight is 380 g/mol. The standard InChI is InChI=1S/C16H21N5O2S2/c1-20(9-14(22)17-11-3-4-11)10-21-16(24)25-15(19-21)18-12-5-7-13(23-2)8-6-12/h5-8,11H,3-4,9-10H2,1-2H3,(H,17,22)(H,18,19). The van der Waals surface area contributed by atoms with Crippen molar-refractivity contribution in [1.29, 1.82) is 0 Å². The van der Waals surface area contributed by atoms with Gasteiger partial charge >= 0.3 is 0 Å². The number of benzene rings is 1. The Balaban J connectivity index is 1.57. The van der Waals surface area contributed by atoms with Crippen LogP contribution in [0.3, 0.4) is 0 Å². The second kappa shape index (κ2) is 7.94. The van der Waals surface area contributed by atoms with Crippen molar-refractivity contribution in [3.05, 3.63) is 28.2 Å². The maximum Gasteiger partial charge on any atom is 0.234 e. The van der Waals surface area contributed by atoms with Gasteiger partial charge in [0.15, 0.2) is 3.95 Å². The highest BCUT2D eigenvalue weighted by molar-refractivity contribution is 7.73. The van der Waals surface area contributed by atoms with Crippen molar-refractivity contribution in [1.82, 2.24) is 20.0 Å². The predicted octanol–water partition coefficient (Wildman–Crippen LogP) is 2.59. The normalized spacial score (nSPS) is 13.7. The van der Waals surface area contributed by atoms with Gasteiger partial charge in [-0.3, -0.25) is 9.69 Å². The molecule has 0 atom stereocenters. The fourth-order valence-electron chi connectivity index (χ4n) is 2.27. The number of methoxy groups -OCH3 is 1. The number of rotatable bonds is 8. The van der Waals surface area contributed by atoms with Gasteiger partial charge in [-0.2, -0.15) is 0 Å². The molecule has 9 heteroatoms. The minimum Gasteiger partial charge on any atom is -0.497 e. The maximum atomic E-state index is 11.8. The first-order valence-corrected chi connectivity index (χ1v) is 9.23. The van der Waals surface area contributed by atoms with Gasteiger partial charge in [0.2, 0.25) is 11.0 Å². The van der Waals surface area contributed by atoms with Crippen molar-refractivity contribution >= 4 is 40.3 Å². The van der Waals surface area contributed by atoms with E-state index in [1.807, 2.05) is 36.2 Å². The van der Waals surface area contributed by atoms with Crippen LogP contribution in [-0.2, 0) is 11.5 Å². The molecule has 1 heterocycles. The van der Waals surface area contributed by atoms with Crippen LogP contribution in [0.25, 0.3) is 0 Å². The highest BCUT2D eigenvalue weighted by Crippen LogP contribution is 2.22. The Morgan fingerprint density at radius 1 is 1.44 bits per heavy atom. The lowest BCUT2D eigenvalue weighted by molar-refractivity contribution is -0.122. The number of ether oxygens (including phenoxy) is 1. The summed E-state index contributed by atoms with van der Waals surface area (Å²) in [6.07, 6.45) is 2.18. The quantitative estimate of drug-likeness (QED) is 0.687. The van der Waals surface area contributed by atoms with E-state index in [-0.39, 0.29) is 5.91 Å². The number of amides is 1. The Morgan fingerprint density at radius 3 is 2.80 bits per heavy atom. The van der Waals surface area contributed by atoms with Gasteiger partial charge in [-0.05, 0) is 56.4 Å². The number of hydrogen-bond acceptors (Lipinski definition) is 7. The van der Waals surface area contributed by atoms with Crippen LogP contribution in [-0.4, -0.2) is 47.3 Å². The fourth-order valence-corrected chi connectivity index (χ4v) is 3.28. The minimum atomic E-state index is 0.0447. The summed E-state index contributed by atoms with van der Waals surface area (Å²) >= 11 is 6.77. The van der Waals surface area contributed by atoms with Gasteiger partial charge in [-0.1, -0.05) is 11.3 Å². The Bertz CT molecular complexity index is 783. The summed E-state index contributed by atoms with van der Waals surface area (Å²) in [6, 6.07) is 7.97. The third kappa shape index (κ3) is 5.25. The van der Waals surface area contributed by atoms with Crippen LogP contribution < -0.4 is 15.4 Å². The topological polar surface area (TPSA) is 71.4 Å². The second-order valence-corrected chi connectivity index (χ2v) is 7.65. The molecule has 0 unspecified atom stereocenters. The number of carbonyl (C=O) groups excluding carboxylic acids is 1. The summed E-state index contributed by atoms with van der Waals surface area (Å²) in [4.78, 5) is 13.7. The number of hydrogen-bond donors (Lipinski definition) is 2. The van der Waals surface area contributed by atoms with Crippen LogP contribution in [0.15, 0.2) is 24.3 Å². The van der Waals surface area contributed by atoms with E-state index >= 15 is 0 Å². The molecule has 1 saturated carbocycles. The number of anilines is 2. The van der Waals surface area contributed by atoms with Crippen LogP contribution in [0.2, 0.25) is 0 Å². The van der Waals surface area contributed by atoms with E-state index in [0.29, 0.717) is 28.3 Å². The summed E-state index contributed by atoms with van der Waals surface area (Å²) in [5.41, 5.74) is 0.911. The molecule has 0 spiro atoms. The first-order valence-electron chi connectivity index (χ1n) is 8.00. The van der Waals surface area contributed by atoms with Crippen LogP contribution in [0.5, 0.6) is 5.75 Å². The van der Waals surface area contributed by atoms with E-state index < -0.39 is 0 Å². The summed E-state index contributed by atoms with van der Waals surface area (Å²) in [5, 5.41) is 11.4. The summed E-state index contributed by atoms with van der Waals surface area (Å²) in [7, 11) is 3.52. The molecule has 1 fully saturated rings. The zero-order valence-corrected chi connectivity index (χ0v) is 15.8. The molecule has 2 N–H and O–H groups in total. The molecule has 1 aliphatic carbocycles. The molecule has 25 heavy (non-hydrogen) atoms. The van der Waals surface area contributed by atoms with Gasteiger partial charge in [-0.25, -0.2) is 4.68 Å². The summed E-state index contributed by atoms with van der Waals surface area (Å²) in [6.45, 7) is 0.800. The molecule has 0 bridgehead atoms. The molecule has 7 nitrogen and oxygen atoms in total. The minimum absolute atomic E-state index is 0.0447. The molecule has 1 amide bonds. The molecule has 0 aliphatic heterocycles. The van der Waals surface area contributed by atoms with E-state index in [1.54, 1.807) is 11.8 Å². The lowest BCUT2D eigenvalue weighted by Crippen LogP contribution is -2.37. The molecule has 1 aliphatic rings. The Labute approximate surface area is 155 Å². The van der Waals surface area contributed by atoms with Crippen molar-refractivity contribution in [2.24, 2.45) is 0 Å². The van der Waals surface area contributed by atoms with Crippen LogP contribution in [0, 0.1) is 3.95 Å². The Morgan fingerprint density at radius 2 is 2.16 bits per heavy atom. The highest BCUT2D eigenvalue weighted by atomic mass is 32.1. The first kappa shape index (κ1) is 17.8. The van der Waals surface area contributed by atoms with E-state index in [0.717, 1.165) is 24.3 Å². The van der Waals surface area contributed by atoms with Crippen molar-refractivity contribution in [3.8, 4) is 5.75 Å². The number of nitrogens with one attached hydrogen (secondary N) is 2. The lowest BCUT2D eigenvalue weighted by atomic mass is 10.3. The largest absolute Gasteiger partial charge is 0.497 e. The maximum absolute atomic E-state index is 11.8. The van der Waals surface area contributed by atoms with Gasteiger partial charge in [0.1, 0.15) is 5.75 Å². The van der Waals surface area contributed by atoms with Gasteiger partial charge in [0.25, 0.3) is 0 Å². The predicted molar refractivity (Wildman–Crippen MR) is 101 cm³/mol. The molecular formula is C16H21N5O2S2. The number of carbonyl (C=O) groups is 1. The van der Waals surface area contributed by atoms with Gasteiger partial charge in [0, 0.05) is 11.7 Å². The van der Waals surface area contributed by atoms with Crippen molar-refractivity contribution in [2.75, 3.05) is 26.0 Å². The SMILES string of the molecule is COc1ccc(Nc2nn(CN(C)CC(=O)NC3CC3)c(=S)s2)cc1. The van der Waals surface area contributed by atoms with Crippen molar-refractivity contribution < 1.29 is 9.53 Å². The first-order chi connectivity index (χ1) is 12.0. The number of nitrogens with zero attached hydrogens (tertiary/aromatic N) is 3. The zero-order chi connectivity index (χ0) is 17.8. The monoisotopic (exact) mass is 379 g/mol. The van der Waals surface area contributed by atoms with Crippen molar-refractivity contribution in [2.45, 2.75) is 25.6 Å². The summed E-state index contributed by atoms with van der Waals surface area (Å²) < 4.78 is 7.52. The van der Waals surface area contributed by atoms with E-state index in [4.69, 9.17) is 17.0 Å². The lowest BCUT2D eigenvalue weighted by Gasteiger charge is -2.15. The molecule has 0 saturated heterocycles. The second-order valence-electron chi connectivity index (χ2n) is 6.02. The van der Waals surface area contributed by atoms with E-state index in [1.165, 1.54) is 11.3 Å². The highest BCUT2D eigenvalue weighted by Gasteiger charge is 2.23. The van der Waals surface area contributed by atoms with Gasteiger partial charge in [-0.15, -0.1) is 5.10 Å².